The molecule has 0 saturated heterocycles. The Labute approximate surface area is 140 Å². The number of benzene rings is 2. The molecule has 8 heteroatoms. The van der Waals surface area contributed by atoms with Crippen LogP contribution in [-0.2, 0) is 10.1 Å². The minimum absolute atomic E-state index is 0.0479. The van der Waals surface area contributed by atoms with E-state index in [0.717, 1.165) is 17.2 Å². The molecule has 0 aliphatic heterocycles. The Morgan fingerprint density at radius 1 is 1.17 bits per heavy atom. The van der Waals surface area contributed by atoms with Crippen molar-refractivity contribution >= 4 is 21.8 Å². The molecule has 128 valence electrons. The molecule has 0 aliphatic rings. The molecule has 0 bridgehead atoms. The van der Waals surface area contributed by atoms with Crippen molar-refractivity contribution in [2.75, 3.05) is 12.0 Å². The van der Waals surface area contributed by atoms with Gasteiger partial charge in [0.05, 0.1) is 4.90 Å². The van der Waals surface area contributed by atoms with Crippen LogP contribution in [0.4, 0.5) is 10.5 Å². The van der Waals surface area contributed by atoms with E-state index in [1.165, 1.54) is 18.2 Å². The van der Waals surface area contributed by atoms with Gasteiger partial charge in [-0.1, -0.05) is 23.8 Å². The van der Waals surface area contributed by atoms with Gasteiger partial charge in [0.1, 0.15) is 5.75 Å². The van der Waals surface area contributed by atoms with Gasteiger partial charge in [-0.25, -0.2) is 4.79 Å². The largest absolute Gasteiger partial charge is 0.473 e. The predicted octanol–water partition coefficient (Wildman–Crippen LogP) is 2.71. The van der Waals surface area contributed by atoms with E-state index in [-0.39, 0.29) is 17.3 Å². The number of carbonyl (C=O) groups is 1. The molecule has 0 atom stereocenters. The summed E-state index contributed by atoms with van der Waals surface area (Å²) in [6.45, 7) is 3.83. The first-order valence-electron chi connectivity index (χ1n) is 7.08. The molecule has 0 unspecified atom stereocenters. The zero-order valence-corrected chi connectivity index (χ0v) is 14.1. The molecule has 0 radical (unpaired) electrons. The number of ether oxygens (including phenoxy) is 1. The summed E-state index contributed by atoms with van der Waals surface area (Å²) in [5, 5.41) is 4.95. The Hall–Kier alpha value is -2.58. The first-order chi connectivity index (χ1) is 11.3. The second kappa shape index (κ2) is 7.33. The second-order valence-corrected chi connectivity index (χ2v) is 6.61. The van der Waals surface area contributed by atoms with Gasteiger partial charge in [0.25, 0.3) is 10.1 Å². The predicted molar refractivity (Wildman–Crippen MR) is 89.8 cm³/mol. The topological polar surface area (TPSA) is 105 Å². The summed E-state index contributed by atoms with van der Waals surface area (Å²) >= 11 is 0. The Bertz CT molecular complexity index is 849. The molecule has 0 heterocycles. The fourth-order valence-electron chi connectivity index (χ4n) is 2.05. The Morgan fingerprint density at radius 3 is 2.58 bits per heavy atom. The van der Waals surface area contributed by atoms with E-state index in [1.54, 1.807) is 0 Å². The van der Waals surface area contributed by atoms with Gasteiger partial charge in [0.2, 0.25) is 0 Å². The normalized spacial score (nSPS) is 11.0. The van der Waals surface area contributed by atoms with E-state index < -0.39 is 16.1 Å². The molecule has 2 amide bonds. The first kappa shape index (κ1) is 17.8. The lowest BCUT2D eigenvalue weighted by Crippen LogP contribution is -2.32. The zero-order chi connectivity index (χ0) is 17.7. The molecule has 7 nitrogen and oxygen atoms in total. The fraction of sp³-hybridized carbons (Fsp3) is 0.188. The third kappa shape index (κ3) is 4.97. The van der Waals surface area contributed by atoms with Crippen molar-refractivity contribution in [1.29, 1.82) is 0 Å². The molecular weight excluding hydrogens is 332 g/mol. The van der Waals surface area contributed by atoms with Crippen LogP contribution in [0.1, 0.15) is 11.1 Å². The molecule has 2 rings (SSSR count). The number of amides is 2. The number of carbonyl (C=O) groups excluding carboxylic acids is 1. The molecule has 0 aliphatic carbocycles. The van der Waals surface area contributed by atoms with Crippen molar-refractivity contribution in [1.82, 2.24) is 5.32 Å². The van der Waals surface area contributed by atoms with Crippen molar-refractivity contribution in [3.05, 3.63) is 53.6 Å². The lowest BCUT2D eigenvalue weighted by atomic mass is 10.1. The second-order valence-electron chi connectivity index (χ2n) is 5.19. The fourth-order valence-corrected chi connectivity index (χ4v) is 2.58. The highest BCUT2D eigenvalue weighted by atomic mass is 32.2. The minimum atomic E-state index is -4.32. The van der Waals surface area contributed by atoms with Gasteiger partial charge in [0.15, 0.2) is 6.73 Å². The number of urea groups is 1. The molecule has 3 N–H and O–H groups in total. The Kier molecular flexibility index (Phi) is 5.42. The Balaban J connectivity index is 1.90. The standard InChI is InChI=1S/C16H18N2O5S/c1-11-6-7-15(12(2)8-11)23-10-17-16(19)18-13-4-3-5-14(9-13)24(20,21)22/h3-9H,10H2,1-2H3,(H2,17,18,19)(H,20,21,22). The van der Waals surface area contributed by atoms with Gasteiger partial charge < -0.3 is 15.4 Å². The zero-order valence-electron chi connectivity index (χ0n) is 13.2. The number of rotatable bonds is 5. The molecule has 0 saturated carbocycles. The maximum absolute atomic E-state index is 11.8. The lowest BCUT2D eigenvalue weighted by Gasteiger charge is -2.11. The minimum Gasteiger partial charge on any atom is -0.473 e. The van der Waals surface area contributed by atoms with E-state index >= 15 is 0 Å². The van der Waals surface area contributed by atoms with E-state index in [2.05, 4.69) is 10.6 Å². The van der Waals surface area contributed by atoms with E-state index in [9.17, 15) is 13.2 Å². The number of hydrogen-bond donors (Lipinski definition) is 3. The highest BCUT2D eigenvalue weighted by Gasteiger charge is 2.10. The third-order valence-corrected chi connectivity index (χ3v) is 4.03. The van der Waals surface area contributed by atoms with E-state index in [0.29, 0.717) is 5.75 Å². The highest BCUT2D eigenvalue weighted by Crippen LogP contribution is 2.18. The summed E-state index contributed by atoms with van der Waals surface area (Å²) in [5.74, 6) is 0.661. The monoisotopic (exact) mass is 350 g/mol. The van der Waals surface area contributed by atoms with Crippen molar-refractivity contribution in [3.8, 4) is 5.75 Å². The summed E-state index contributed by atoms with van der Waals surface area (Å²) in [6.07, 6.45) is 0. The van der Waals surface area contributed by atoms with Gasteiger partial charge >= 0.3 is 6.03 Å². The summed E-state index contributed by atoms with van der Waals surface area (Å²) in [6, 6.07) is 10.4. The first-order valence-corrected chi connectivity index (χ1v) is 8.52. The summed E-state index contributed by atoms with van der Waals surface area (Å²) in [4.78, 5) is 11.5. The SMILES string of the molecule is Cc1ccc(OCNC(=O)Nc2cccc(S(=O)(=O)O)c2)c(C)c1. The molecule has 0 aromatic heterocycles. The van der Waals surface area contributed by atoms with Crippen molar-refractivity contribution in [2.24, 2.45) is 0 Å². The van der Waals surface area contributed by atoms with Crippen LogP contribution in [-0.4, -0.2) is 25.7 Å². The number of aryl methyl sites for hydroxylation is 2. The molecular formula is C16H18N2O5S. The molecule has 2 aromatic rings. The third-order valence-electron chi connectivity index (χ3n) is 3.18. The van der Waals surface area contributed by atoms with E-state index in [1.807, 2.05) is 32.0 Å². The van der Waals surface area contributed by atoms with Gasteiger partial charge in [0, 0.05) is 5.69 Å². The molecule has 24 heavy (non-hydrogen) atoms. The van der Waals surface area contributed by atoms with Crippen molar-refractivity contribution < 1.29 is 22.5 Å². The van der Waals surface area contributed by atoms with Crippen molar-refractivity contribution in [2.45, 2.75) is 18.7 Å². The number of anilines is 1. The Morgan fingerprint density at radius 2 is 1.92 bits per heavy atom. The number of hydrogen-bond acceptors (Lipinski definition) is 4. The quantitative estimate of drug-likeness (QED) is 0.568. The summed E-state index contributed by atoms with van der Waals surface area (Å²) in [7, 11) is -4.32. The average molecular weight is 350 g/mol. The van der Waals surface area contributed by atoms with Crippen LogP contribution in [0, 0.1) is 13.8 Å². The van der Waals surface area contributed by atoms with Crippen LogP contribution < -0.4 is 15.4 Å². The summed E-state index contributed by atoms with van der Waals surface area (Å²) in [5.41, 5.74) is 2.30. The van der Waals surface area contributed by atoms with Crippen molar-refractivity contribution in [3.63, 3.8) is 0 Å². The maximum atomic E-state index is 11.8. The van der Waals surface area contributed by atoms with E-state index in [4.69, 9.17) is 9.29 Å². The number of nitrogens with one attached hydrogen (secondary N) is 2. The van der Waals surface area contributed by atoms with Gasteiger partial charge in [-0.2, -0.15) is 8.42 Å². The lowest BCUT2D eigenvalue weighted by molar-refractivity contribution is 0.234. The van der Waals surface area contributed by atoms with Gasteiger partial charge in [-0.05, 0) is 43.7 Å². The van der Waals surface area contributed by atoms with Crippen LogP contribution in [0.5, 0.6) is 5.75 Å². The molecule has 2 aromatic carbocycles. The highest BCUT2D eigenvalue weighted by molar-refractivity contribution is 7.85. The summed E-state index contributed by atoms with van der Waals surface area (Å²) < 4.78 is 36.6. The van der Waals surface area contributed by atoms with Crippen LogP contribution in [0.15, 0.2) is 47.4 Å². The van der Waals surface area contributed by atoms with Gasteiger partial charge in [-0.15, -0.1) is 0 Å². The molecule has 0 fully saturated rings. The van der Waals surface area contributed by atoms with Crippen LogP contribution in [0.3, 0.4) is 0 Å². The maximum Gasteiger partial charge on any atom is 0.321 e. The van der Waals surface area contributed by atoms with Crippen LogP contribution in [0.2, 0.25) is 0 Å². The average Bonchev–Trinajstić information content (AvgIpc) is 2.49. The van der Waals surface area contributed by atoms with Gasteiger partial charge in [-0.3, -0.25) is 4.55 Å². The molecule has 0 spiro atoms. The smallest absolute Gasteiger partial charge is 0.321 e. The van der Waals surface area contributed by atoms with Crippen LogP contribution >= 0.6 is 0 Å². The van der Waals surface area contributed by atoms with Crippen LogP contribution in [0.25, 0.3) is 0 Å².